The average Bonchev–Trinajstić information content (AvgIpc) is 4.20. The third-order valence-corrected chi connectivity index (χ3v) is 14.5. The Balaban J connectivity index is 0.590. The molecule has 1 spiro atoms. The number of benzene rings is 2. The fourth-order valence-corrected chi connectivity index (χ4v) is 10.5. The van der Waals surface area contributed by atoms with Crippen LogP contribution >= 0.6 is 11.8 Å². The van der Waals surface area contributed by atoms with Crippen molar-refractivity contribution >= 4 is 47.4 Å². The Labute approximate surface area is 442 Å². The van der Waals surface area contributed by atoms with E-state index >= 15 is 0 Å². The number of piperidine rings is 1. The van der Waals surface area contributed by atoms with E-state index in [4.69, 9.17) is 37.9 Å². The minimum atomic E-state index is -1.000. The summed E-state index contributed by atoms with van der Waals surface area (Å²) in [6.07, 6.45) is 5.78. The van der Waals surface area contributed by atoms with Crippen molar-refractivity contribution in [1.29, 1.82) is 0 Å². The van der Waals surface area contributed by atoms with Gasteiger partial charge < -0.3 is 69.4 Å². The van der Waals surface area contributed by atoms with Gasteiger partial charge in [0.25, 0.3) is 5.91 Å². The van der Waals surface area contributed by atoms with Crippen LogP contribution in [0.15, 0.2) is 60.8 Å². The van der Waals surface area contributed by atoms with Crippen LogP contribution in [0.5, 0.6) is 0 Å². The molecule has 0 saturated carbocycles. The van der Waals surface area contributed by atoms with Crippen LogP contribution < -0.4 is 26.6 Å². The summed E-state index contributed by atoms with van der Waals surface area (Å²) in [5, 5.41) is 23.7. The smallest absolute Gasteiger partial charge is 0.325 e. The van der Waals surface area contributed by atoms with E-state index in [0.29, 0.717) is 168 Å². The molecule has 1 aromatic heterocycles. The second-order valence-electron chi connectivity index (χ2n) is 18.4. The van der Waals surface area contributed by atoms with Crippen molar-refractivity contribution in [3.63, 3.8) is 0 Å². The van der Waals surface area contributed by atoms with Gasteiger partial charge in [0.2, 0.25) is 5.91 Å². The lowest BCUT2D eigenvalue weighted by atomic mass is 9.87. The van der Waals surface area contributed by atoms with Gasteiger partial charge in [0.05, 0.1) is 137 Å². The minimum Gasteiger partial charge on any atom is -0.377 e. The van der Waals surface area contributed by atoms with Crippen LogP contribution in [0.25, 0.3) is 11.3 Å². The molecule has 0 unspecified atom stereocenters. The molecule has 4 aliphatic rings. The molecule has 24 heteroatoms. The van der Waals surface area contributed by atoms with Crippen LogP contribution in [-0.4, -0.2) is 209 Å². The maximum atomic E-state index is 13.4. The van der Waals surface area contributed by atoms with Gasteiger partial charge in [-0.2, -0.15) is 11.8 Å². The summed E-state index contributed by atoms with van der Waals surface area (Å²) in [5.41, 5.74) is 1.91. The molecule has 0 radical (unpaired) electrons. The highest BCUT2D eigenvalue weighted by Crippen LogP contribution is 2.34. The van der Waals surface area contributed by atoms with Crippen molar-refractivity contribution in [2.45, 2.75) is 74.5 Å². The number of ether oxygens (including phenoxy) is 8. The topological polar surface area (TPSA) is 257 Å². The van der Waals surface area contributed by atoms with E-state index in [-0.39, 0.29) is 42.5 Å². The Morgan fingerprint density at radius 3 is 1.97 bits per heavy atom. The molecular formula is C51H74N10O13S. The largest absolute Gasteiger partial charge is 0.377 e. The van der Waals surface area contributed by atoms with Gasteiger partial charge in [-0.3, -0.25) is 14.5 Å². The summed E-state index contributed by atoms with van der Waals surface area (Å²) in [7, 11) is 0. The van der Waals surface area contributed by atoms with Crippen molar-refractivity contribution < 1.29 is 61.9 Å². The van der Waals surface area contributed by atoms with Gasteiger partial charge in [-0.1, -0.05) is 54.1 Å². The van der Waals surface area contributed by atoms with Gasteiger partial charge in [0, 0.05) is 48.3 Å². The maximum Gasteiger partial charge on any atom is 0.325 e. The summed E-state index contributed by atoms with van der Waals surface area (Å²) in [6.45, 7) is 8.99. The van der Waals surface area contributed by atoms with E-state index in [1.54, 1.807) is 15.6 Å². The number of thioether (sulfide) groups is 1. The second kappa shape index (κ2) is 31.6. The molecule has 3 atom stereocenters. The normalized spacial score (nSPS) is 18.8. The Hall–Kier alpha value is -5.44. The van der Waals surface area contributed by atoms with Crippen LogP contribution in [0.1, 0.15) is 44.1 Å². The number of imide groups is 1. The lowest BCUT2D eigenvalue weighted by Crippen LogP contribution is -2.56. The SMILES string of the molecule is O=C(CCCC[C@@H]1SC[C@@H]2NC(=O)N[C@@H]21)NCCOCCOCCOCCOCCOCCOCCOCCOCCn1cc(-c2cccc(NC(=O)N3CCC4(CC3)NC(=O)N(Cc3ccccc3)C4=O)c2)nn1. The third-order valence-electron chi connectivity index (χ3n) is 13.0. The second-order valence-corrected chi connectivity index (χ2v) is 19.6. The maximum absolute atomic E-state index is 13.4. The highest BCUT2D eigenvalue weighted by atomic mass is 32.2. The number of anilines is 1. The molecule has 75 heavy (non-hydrogen) atoms. The number of hydrogen-bond donors (Lipinski definition) is 5. The van der Waals surface area contributed by atoms with Crippen molar-refractivity contribution in [3.05, 3.63) is 66.4 Å². The Kier molecular flexibility index (Phi) is 24.1. The number of carbonyl (C=O) groups is 5. The molecule has 412 valence electrons. The van der Waals surface area contributed by atoms with E-state index in [0.717, 1.165) is 36.1 Å². The molecule has 4 saturated heterocycles. The van der Waals surface area contributed by atoms with Gasteiger partial charge in [-0.15, -0.1) is 5.10 Å². The van der Waals surface area contributed by atoms with Gasteiger partial charge in [-0.05, 0) is 43.4 Å². The van der Waals surface area contributed by atoms with Crippen molar-refractivity contribution in [2.75, 3.05) is 136 Å². The zero-order valence-corrected chi connectivity index (χ0v) is 43.6. The summed E-state index contributed by atoms with van der Waals surface area (Å²) in [6, 6.07) is 16.5. The molecule has 5 N–H and O–H groups in total. The van der Waals surface area contributed by atoms with Crippen molar-refractivity contribution in [2.24, 2.45) is 0 Å². The lowest BCUT2D eigenvalue weighted by Gasteiger charge is -2.37. The van der Waals surface area contributed by atoms with Crippen LogP contribution in [0.2, 0.25) is 0 Å². The summed E-state index contributed by atoms with van der Waals surface area (Å²) >= 11 is 1.90. The Morgan fingerprint density at radius 2 is 1.33 bits per heavy atom. The van der Waals surface area contributed by atoms with Crippen LogP contribution in [0, 0.1) is 0 Å². The molecule has 0 bridgehead atoms. The predicted molar refractivity (Wildman–Crippen MR) is 277 cm³/mol. The minimum absolute atomic E-state index is 0.0332. The highest BCUT2D eigenvalue weighted by Gasteiger charge is 2.52. The first kappa shape index (κ1) is 57.3. The van der Waals surface area contributed by atoms with Crippen molar-refractivity contribution in [3.8, 4) is 11.3 Å². The number of fused-ring (bicyclic) bond motifs is 1. The average molecular weight is 1070 g/mol. The quantitative estimate of drug-likeness (QED) is 0.0319. The number of rotatable bonds is 36. The van der Waals surface area contributed by atoms with Gasteiger partial charge in [-0.25, -0.2) is 19.1 Å². The number of nitrogens with one attached hydrogen (secondary N) is 5. The van der Waals surface area contributed by atoms with E-state index in [2.05, 4.69) is 36.9 Å². The molecule has 23 nitrogen and oxygen atoms in total. The van der Waals surface area contributed by atoms with Gasteiger partial charge in [0.1, 0.15) is 11.2 Å². The van der Waals surface area contributed by atoms with E-state index in [1.807, 2.05) is 66.5 Å². The third kappa shape index (κ3) is 19.0. The van der Waals surface area contributed by atoms with E-state index < -0.39 is 11.6 Å². The van der Waals surface area contributed by atoms with Crippen LogP contribution in [0.4, 0.5) is 20.1 Å². The van der Waals surface area contributed by atoms with Gasteiger partial charge >= 0.3 is 18.1 Å². The lowest BCUT2D eigenvalue weighted by molar-refractivity contribution is -0.133. The molecule has 0 aliphatic carbocycles. The van der Waals surface area contributed by atoms with Gasteiger partial charge in [0.15, 0.2) is 0 Å². The standard InChI is InChI=1S/C51H74N10O13S/c62-45(12-5-4-11-44-46-43(38-75-44)54-48(64)55-46)52-15-19-67-21-23-69-25-27-71-29-31-73-33-34-74-32-30-72-28-26-70-24-22-68-20-18-60-37-42(57-58-60)40-9-6-10-41(35-40)53-49(65)59-16-13-51(14-17-59)47(63)61(50(66)56-51)36-39-7-2-1-3-8-39/h1-3,6-10,35,37,43-44,46H,4-5,11-34,36,38H2,(H,52,62)(H,53,65)(H,56,66)(H2,54,55,64)/t43-,44-,46-/m0/s1. The molecule has 8 amide bonds. The fourth-order valence-electron chi connectivity index (χ4n) is 8.94. The molecule has 2 aromatic carbocycles. The predicted octanol–water partition coefficient (Wildman–Crippen LogP) is 3.04. The zero-order valence-electron chi connectivity index (χ0n) is 42.8. The number of urea groups is 3. The number of unbranched alkanes of at least 4 members (excludes halogenated alkanes) is 1. The molecular weight excluding hydrogens is 993 g/mol. The number of carbonyl (C=O) groups excluding carboxylic acids is 5. The number of aromatic nitrogens is 3. The molecule has 4 aliphatic heterocycles. The number of nitrogens with zero attached hydrogens (tertiary/aromatic N) is 5. The number of amides is 8. The summed E-state index contributed by atoms with van der Waals surface area (Å²) in [4.78, 5) is 65.9. The number of hydrogen-bond acceptors (Lipinski definition) is 16. The number of likely N-dealkylation sites (tertiary alicyclic amines) is 1. The molecule has 3 aromatic rings. The van der Waals surface area contributed by atoms with E-state index in [9.17, 15) is 24.0 Å². The fraction of sp³-hybridized carbons (Fsp3) is 0.627. The Bertz CT molecular complexity index is 2220. The molecule has 4 fully saturated rings. The monoisotopic (exact) mass is 1070 g/mol. The van der Waals surface area contributed by atoms with Crippen LogP contribution in [0.3, 0.4) is 0 Å². The zero-order chi connectivity index (χ0) is 52.3. The molecule has 5 heterocycles. The Morgan fingerprint density at radius 1 is 0.720 bits per heavy atom. The summed E-state index contributed by atoms with van der Waals surface area (Å²) < 4.78 is 46.2. The first-order valence-electron chi connectivity index (χ1n) is 26.1. The first-order valence-corrected chi connectivity index (χ1v) is 27.1. The van der Waals surface area contributed by atoms with Crippen LogP contribution in [-0.2, 0) is 60.6 Å². The molecule has 7 rings (SSSR count). The highest BCUT2D eigenvalue weighted by molar-refractivity contribution is 8.00. The van der Waals surface area contributed by atoms with Crippen molar-refractivity contribution in [1.82, 2.24) is 46.1 Å². The summed E-state index contributed by atoms with van der Waals surface area (Å²) in [5.74, 6) is 0.735. The van der Waals surface area contributed by atoms with E-state index in [1.165, 1.54) is 4.90 Å². The first-order chi connectivity index (χ1) is 36.8.